The van der Waals surface area contributed by atoms with Gasteiger partial charge in [0.25, 0.3) is 0 Å². The number of aryl methyl sites for hydroxylation is 1. The molecule has 2 atom stereocenters. The van der Waals surface area contributed by atoms with Gasteiger partial charge in [-0.25, -0.2) is 0 Å². The largest absolute Gasteiger partial charge is 0.314 e. The Labute approximate surface area is 97.9 Å². The van der Waals surface area contributed by atoms with Crippen molar-refractivity contribution in [1.82, 2.24) is 5.32 Å². The molecule has 0 spiro atoms. The zero-order valence-electron chi connectivity index (χ0n) is 10.3. The first-order valence-corrected chi connectivity index (χ1v) is 6.80. The lowest BCUT2D eigenvalue weighted by atomic mass is 9.99. The maximum Gasteiger partial charge on any atom is 0.0103 e. The number of rotatable bonds is 6. The highest BCUT2D eigenvalue weighted by atomic mass is 32.1. The molecule has 0 aliphatic rings. The molecule has 0 radical (unpaired) electrons. The van der Waals surface area contributed by atoms with Crippen LogP contribution in [0.3, 0.4) is 0 Å². The third-order valence-corrected chi connectivity index (χ3v) is 4.05. The first-order chi connectivity index (χ1) is 7.15. The minimum atomic E-state index is 0.626. The molecule has 0 fully saturated rings. The summed E-state index contributed by atoms with van der Waals surface area (Å²) < 4.78 is 0. The van der Waals surface area contributed by atoms with E-state index in [1.807, 2.05) is 11.3 Å². The van der Waals surface area contributed by atoms with Crippen LogP contribution in [0.25, 0.3) is 0 Å². The highest BCUT2D eigenvalue weighted by Crippen LogP contribution is 2.28. The van der Waals surface area contributed by atoms with Crippen molar-refractivity contribution in [2.75, 3.05) is 6.54 Å². The number of thiophene rings is 1. The summed E-state index contributed by atoms with van der Waals surface area (Å²) in [5.41, 5.74) is 1.45. The van der Waals surface area contributed by atoms with Crippen LogP contribution in [-0.2, 0) is 0 Å². The second-order valence-electron chi connectivity index (χ2n) is 4.46. The van der Waals surface area contributed by atoms with Gasteiger partial charge in [-0.1, -0.05) is 13.8 Å². The second-order valence-corrected chi connectivity index (χ2v) is 5.41. The van der Waals surface area contributed by atoms with Gasteiger partial charge in [0.05, 0.1) is 0 Å². The summed E-state index contributed by atoms with van der Waals surface area (Å²) in [6.45, 7) is 10.2. The van der Waals surface area contributed by atoms with Gasteiger partial charge in [-0.15, -0.1) is 11.3 Å². The Morgan fingerprint density at radius 1 is 1.40 bits per heavy atom. The maximum atomic E-state index is 3.55. The van der Waals surface area contributed by atoms with Gasteiger partial charge in [-0.05, 0) is 56.2 Å². The van der Waals surface area contributed by atoms with E-state index >= 15 is 0 Å². The van der Waals surface area contributed by atoms with Crippen molar-refractivity contribution in [3.8, 4) is 0 Å². The van der Waals surface area contributed by atoms with Crippen LogP contribution in [0.15, 0.2) is 11.4 Å². The average Bonchev–Trinajstić information content (AvgIpc) is 2.61. The van der Waals surface area contributed by atoms with E-state index in [2.05, 4.69) is 44.5 Å². The lowest BCUT2D eigenvalue weighted by Gasteiger charge is -2.18. The molecule has 0 aliphatic carbocycles. The van der Waals surface area contributed by atoms with E-state index in [1.165, 1.54) is 18.4 Å². The van der Waals surface area contributed by atoms with Crippen LogP contribution < -0.4 is 5.32 Å². The van der Waals surface area contributed by atoms with Crippen LogP contribution in [-0.4, -0.2) is 12.6 Å². The molecule has 0 saturated heterocycles. The predicted molar refractivity (Wildman–Crippen MR) is 69.8 cm³/mol. The average molecular weight is 225 g/mol. The Balaban J connectivity index is 2.42. The van der Waals surface area contributed by atoms with Crippen molar-refractivity contribution >= 4 is 11.3 Å². The number of nitrogens with one attached hydrogen (secondary N) is 1. The van der Waals surface area contributed by atoms with Crippen LogP contribution in [0.5, 0.6) is 0 Å². The fourth-order valence-corrected chi connectivity index (χ4v) is 3.00. The van der Waals surface area contributed by atoms with Crippen molar-refractivity contribution in [3.05, 3.63) is 21.9 Å². The molecule has 1 aromatic heterocycles. The van der Waals surface area contributed by atoms with Crippen molar-refractivity contribution in [2.45, 2.75) is 52.5 Å². The van der Waals surface area contributed by atoms with E-state index < -0.39 is 0 Å². The minimum Gasteiger partial charge on any atom is -0.314 e. The Morgan fingerprint density at radius 3 is 2.67 bits per heavy atom. The molecule has 2 unspecified atom stereocenters. The van der Waals surface area contributed by atoms with Gasteiger partial charge < -0.3 is 5.32 Å². The third-order valence-electron chi connectivity index (χ3n) is 2.80. The summed E-state index contributed by atoms with van der Waals surface area (Å²) in [7, 11) is 0. The molecule has 1 N–H and O–H groups in total. The number of hydrogen-bond acceptors (Lipinski definition) is 2. The van der Waals surface area contributed by atoms with E-state index in [0.29, 0.717) is 12.0 Å². The third kappa shape index (κ3) is 3.96. The maximum absolute atomic E-state index is 3.55. The van der Waals surface area contributed by atoms with Crippen LogP contribution in [0.1, 0.15) is 50.0 Å². The smallest absolute Gasteiger partial charge is 0.0103 e. The van der Waals surface area contributed by atoms with E-state index in [4.69, 9.17) is 0 Å². The zero-order chi connectivity index (χ0) is 11.3. The molecule has 1 heterocycles. The molecule has 86 valence electrons. The van der Waals surface area contributed by atoms with Crippen LogP contribution in [0.4, 0.5) is 0 Å². The highest BCUT2D eigenvalue weighted by molar-refractivity contribution is 7.10. The van der Waals surface area contributed by atoms with Crippen molar-refractivity contribution < 1.29 is 0 Å². The van der Waals surface area contributed by atoms with Gasteiger partial charge in [-0.3, -0.25) is 0 Å². The first-order valence-electron chi connectivity index (χ1n) is 5.92. The van der Waals surface area contributed by atoms with Gasteiger partial charge in [0.15, 0.2) is 0 Å². The lowest BCUT2D eigenvalue weighted by Crippen LogP contribution is -2.27. The van der Waals surface area contributed by atoms with Gasteiger partial charge in [0.1, 0.15) is 0 Å². The highest BCUT2D eigenvalue weighted by Gasteiger charge is 2.13. The van der Waals surface area contributed by atoms with E-state index in [0.717, 1.165) is 6.54 Å². The molecule has 1 rings (SSSR count). The summed E-state index contributed by atoms with van der Waals surface area (Å²) in [5, 5.41) is 5.75. The summed E-state index contributed by atoms with van der Waals surface area (Å²) in [4.78, 5) is 1.56. The van der Waals surface area contributed by atoms with Gasteiger partial charge >= 0.3 is 0 Å². The topological polar surface area (TPSA) is 12.0 Å². The van der Waals surface area contributed by atoms with Crippen molar-refractivity contribution in [2.24, 2.45) is 0 Å². The molecular formula is C13H23NS. The van der Waals surface area contributed by atoms with Crippen LogP contribution >= 0.6 is 11.3 Å². The molecule has 1 aromatic rings. The molecule has 0 aliphatic heterocycles. The van der Waals surface area contributed by atoms with E-state index in [9.17, 15) is 0 Å². The number of hydrogen-bond donors (Lipinski definition) is 1. The molecule has 1 nitrogen and oxygen atoms in total. The molecule has 0 aromatic carbocycles. The Hall–Kier alpha value is -0.340. The van der Waals surface area contributed by atoms with Crippen LogP contribution in [0, 0.1) is 6.92 Å². The minimum absolute atomic E-state index is 0.626. The normalized spacial score (nSPS) is 15.2. The Morgan fingerprint density at radius 2 is 2.13 bits per heavy atom. The Bertz CT molecular complexity index is 280. The molecule has 0 saturated carbocycles. The second kappa shape index (κ2) is 6.29. The van der Waals surface area contributed by atoms with E-state index in [1.54, 1.807) is 4.88 Å². The predicted octanol–water partition coefficient (Wildman–Crippen LogP) is 3.94. The molecular weight excluding hydrogens is 202 g/mol. The lowest BCUT2D eigenvalue weighted by molar-refractivity contribution is 0.481. The quantitative estimate of drug-likeness (QED) is 0.773. The zero-order valence-corrected chi connectivity index (χ0v) is 11.2. The van der Waals surface area contributed by atoms with Gasteiger partial charge in [0.2, 0.25) is 0 Å². The van der Waals surface area contributed by atoms with Crippen molar-refractivity contribution in [1.29, 1.82) is 0 Å². The standard InChI is InChI=1S/C13H23NS/c1-5-7-14-12(4)9-11(3)13-10(2)6-8-15-13/h6,8,11-12,14H,5,7,9H2,1-4H3. The van der Waals surface area contributed by atoms with Gasteiger partial charge in [-0.2, -0.15) is 0 Å². The molecule has 0 amide bonds. The SMILES string of the molecule is CCCNC(C)CC(C)c1sccc1C. The molecule has 0 bridgehead atoms. The molecule has 2 heteroatoms. The Kier molecular flexibility index (Phi) is 5.34. The van der Waals surface area contributed by atoms with Gasteiger partial charge in [0, 0.05) is 10.9 Å². The van der Waals surface area contributed by atoms with Crippen LogP contribution in [0.2, 0.25) is 0 Å². The monoisotopic (exact) mass is 225 g/mol. The first kappa shape index (κ1) is 12.7. The molecule has 15 heavy (non-hydrogen) atoms. The fourth-order valence-electron chi connectivity index (χ4n) is 2.00. The summed E-state index contributed by atoms with van der Waals surface area (Å²) in [6, 6.07) is 2.85. The van der Waals surface area contributed by atoms with Crippen molar-refractivity contribution in [3.63, 3.8) is 0 Å². The van der Waals surface area contributed by atoms with E-state index in [-0.39, 0.29) is 0 Å². The summed E-state index contributed by atoms with van der Waals surface area (Å²) >= 11 is 1.90. The summed E-state index contributed by atoms with van der Waals surface area (Å²) in [6.07, 6.45) is 2.46. The summed E-state index contributed by atoms with van der Waals surface area (Å²) in [5.74, 6) is 0.685. The fraction of sp³-hybridized carbons (Fsp3) is 0.692.